The van der Waals surface area contributed by atoms with Gasteiger partial charge in [0.25, 0.3) is 0 Å². The number of rotatable bonds is 10. The number of aromatic nitrogens is 4. The van der Waals surface area contributed by atoms with E-state index in [-0.39, 0.29) is 0 Å². The summed E-state index contributed by atoms with van der Waals surface area (Å²) in [4.78, 5) is 14.2. The summed E-state index contributed by atoms with van der Waals surface area (Å²) in [7, 11) is 0. The van der Waals surface area contributed by atoms with E-state index < -0.39 is 6.29 Å². The molecule has 1 aromatic carbocycles. The van der Waals surface area contributed by atoms with Crippen LogP contribution in [0.4, 0.5) is 0 Å². The first-order valence-corrected chi connectivity index (χ1v) is 13.7. The van der Waals surface area contributed by atoms with Crippen LogP contribution in [0.3, 0.4) is 0 Å². The van der Waals surface area contributed by atoms with Gasteiger partial charge in [-0.15, -0.1) is 0 Å². The van der Waals surface area contributed by atoms with Gasteiger partial charge in [-0.05, 0) is 75.7 Å². The second-order valence-corrected chi connectivity index (χ2v) is 9.79. The van der Waals surface area contributed by atoms with Crippen LogP contribution in [-0.4, -0.2) is 43.8 Å². The number of thioether (sulfide) groups is 1. The topological polar surface area (TPSA) is 73.1 Å². The number of imidazole rings is 1. The van der Waals surface area contributed by atoms with Crippen LogP contribution < -0.4 is 0 Å². The van der Waals surface area contributed by atoms with Crippen LogP contribution in [0, 0.1) is 5.92 Å². The van der Waals surface area contributed by atoms with Crippen LogP contribution in [0.2, 0.25) is 0 Å². The standard InChI is InChI=1S/C27H36N4O2S/c1-4-19-6-13-22(14-7-19)26-29-23(18-31(26)24-16-17-28-27(30-24)34-3)21-11-8-20(9-12-21)10-15-25(32)33-5-2/h6-7,13-14,16-18,20-21,25,32H,4-5,8-12,15H2,1-3H3. The molecule has 4 rings (SSSR count). The second kappa shape index (κ2) is 12.0. The number of aliphatic hydroxyl groups excluding tert-OH is 1. The van der Waals surface area contributed by atoms with E-state index in [1.807, 2.05) is 25.4 Å². The van der Waals surface area contributed by atoms with Crippen molar-refractivity contribution in [1.29, 1.82) is 0 Å². The van der Waals surface area contributed by atoms with E-state index in [0.29, 0.717) is 18.4 Å². The molecule has 34 heavy (non-hydrogen) atoms. The maximum absolute atomic E-state index is 9.88. The van der Waals surface area contributed by atoms with Gasteiger partial charge >= 0.3 is 0 Å². The van der Waals surface area contributed by atoms with Crippen LogP contribution in [0.25, 0.3) is 17.2 Å². The van der Waals surface area contributed by atoms with Gasteiger partial charge in [-0.3, -0.25) is 4.57 Å². The Bertz CT molecular complexity index is 1050. The summed E-state index contributed by atoms with van der Waals surface area (Å²) >= 11 is 1.55. The third-order valence-electron chi connectivity index (χ3n) is 6.84. The van der Waals surface area contributed by atoms with Crippen LogP contribution in [-0.2, 0) is 11.2 Å². The SMILES string of the molecule is CCOC(O)CCC1CCC(c2cn(-c3ccnc(SC)n3)c(-c3ccc(CC)cc3)n2)CC1. The lowest BCUT2D eigenvalue weighted by molar-refractivity contribution is -0.102. The monoisotopic (exact) mass is 480 g/mol. The molecule has 1 aliphatic carbocycles. The van der Waals surface area contributed by atoms with E-state index in [0.717, 1.165) is 60.2 Å². The molecule has 1 N–H and O–H groups in total. The van der Waals surface area contributed by atoms with E-state index in [1.165, 1.54) is 18.4 Å². The maximum atomic E-state index is 9.88. The molecule has 1 atom stereocenters. The third kappa shape index (κ3) is 6.06. The maximum Gasteiger partial charge on any atom is 0.189 e. The van der Waals surface area contributed by atoms with Gasteiger partial charge in [0.2, 0.25) is 0 Å². The molecule has 1 unspecified atom stereocenters. The quantitative estimate of drug-likeness (QED) is 0.217. The number of aliphatic hydroxyl groups is 1. The number of benzene rings is 1. The molecule has 7 heteroatoms. The molecule has 2 aromatic heterocycles. The second-order valence-electron chi connectivity index (χ2n) is 9.02. The third-order valence-corrected chi connectivity index (χ3v) is 7.40. The van der Waals surface area contributed by atoms with Gasteiger partial charge in [-0.2, -0.15) is 0 Å². The summed E-state index contributed by atoms with van der Waals surface area (Å²) in [5.41, 5.74) is 3.57. The Morgan fingerprint density at radius 2 is 1.85 bits per heavy atom. The lowest BCUT2D eigenvalue weighted by Crippen LogP contribution is -2.17. The molecule has 3 aromatic rings. The molecule has 0 aliphatic heterocycles. The number of nitrogens with zero attached hydrogens (tertiary/aromatic N) is 4. The van der Waals surface area contributed by atoms with Gasteiger partial charge in [0.1, 0.15) is 11.6 Å². The lowest BCUT2D eigenvalue weighted by atomic mass is 9.79. The van der Waals surface area contributed by atoms with Gasteiger partial charge in [0, 0.05) is 30.5 Å². The Balaban J connectivity index is 1.55. The zero-order valence-electron chi connectivity index (χ0n) is 20.5. The predicted octanol–water partition coefficient (Wildman–Crippen LogP) is 6.02. The molecule has 0 spiro atoms. The molecular formula is C27H36N4O2S. The molecule has 0 bridgehead atoms. The van der Waals surface area contributed by atoms with Gasteiger partial charge in [0.05, 0.1) is 5.69 Å². The highest BCUT2D eigenvalue weighted by molar-refractivity contribution is 7.98. The van der Waals surface area contributed by atoms with E-state index >= 15 is 0 Å². The van der Waals surface area contributed by atoms with Crippen molar-refractivity contribution in [3.63, 3.8) is 0 Å². The number of aryl methyl sites for hydroxylation is 1. The number of ether oxygens (including phenoxy) is 1. The van der Waals surface area contributed by atoms with E-state index in [4.69, 9.17) is 14.7 Å². The van der Waals surface area contributed by atoms with Crippen molar-refractivity contribution in [2.24, 2.45) is 5.92 Å². The zero-order valence-corrected chi connectivity index (χ0v) is 21.3. The molecule has 1 saturated carbocycles. The van der Waals surface area contributed by atoms with Crippen LogP contribution in [0.15, 0.2) is 47.9 Å². The summed E-state index contributed by atoms with van der Waals surface area (Å²) in [5, 5.41) is 10.6. The Hall–Kier alpha value is -2.22. The smallest absolute Gasteiger partial charge is 0.189 e. The number of hydrogen-bond donors (Lipinski definition) is 1. The van der Waals surface area contributed by atoms with Gasteiger partial charge in [0.15, 0.2) is 11.4 Å². The van der Waals surface area contributed by atoms with Crippen molar-refractivity contribution < 1.29 is 9.84 Å². The van der Waals surface area contributed by atoms with Gasteiger partial charge in [-0.1, -0.05) is 43.0 Å². The van der Waals surface area contributed by atoms with Gasteiger partial charge in [-0.25, -0.2) is 15.0 Å². The fourth-order valence-corrected chi connectivity index (χ4v) is 5.18. The predicted molar refractivity (Wildman–Crippen MR) is 137 cm³/mol. The molecule has 6 nitrogen and oxygen atoms in total. The summed E-state index contributed by atoms with van der Waals surface area (Å²) in [6.45, 7) is 4.65. The van der Waals surface area contributed by atoms with Crippen LogP contribution in [0.5, 0.6) is 0 Å². The summed E-state index contributed by atoms with van der Waals surface area (Å²) in [6, 6.07) is 10.7. The van der Waals surface area contributed by atoms with E-state index in [2.05, 4.69) is 46.9 Å². The van der Waals surface area contributed by atoms with Crippen molar-refractivity contribution in [1.82, 2.24) is 19.5 Å². The largest absolute Gasteiger partial charge is 0.368 e. The van der Waals surface area contributed by atoms with Crippen molar-refractivity contribution in [2.75, 3.05) is 12.9 Å². The zero-order chi connectivity index (χ0) is 23.9. The molecule has 182 valence electrons. The molecule has 1 fully saturated rings. The van der Waals surface area contributed by atoms with Gasteiger partial charge < -0.3 is 9.84 Å². The van der Waals surface area contributed by atoms with E-state index in [9.17, 15) is 5.11 Å². The fourth-order valence-electron chi connectivity index (χ4n) is 4.83. The number of hydrogen-bond acceptors (Lipinski definition) is 6. The highest BCUT2D eigenvalue weighted by atomic mass is 32.2. The fraction of sp³-hybridized carbons (Fsp3) is 0.519. The highest BCUT2D eigenvalue weighted by Crippen LogP contribution is 2.38. The van der Waals surface area contributed by atoms with Crippen molar-refractivity contribution >= 4 is 11.8 Å². The molecule has 0 radical (unpaired) electrons. The van der Waals surface area contributed by atoms with E-state index in [1.54, 1.807) is 11.8 Å². The lowest BCUT2D eigenvalue weighted by Gasteiger charge is -2.28. The van der Waals surface area contributed by atoms with Crippen molar-refractivity contribution in [3.05, 3.63) is 54.0 Å². The Morgan fingerprint density at radius 1 is 1.09 bits per heavy atom. The minimum Gasteiger partial charge on any atom is -0.368 e. The summed E-state index contributed by atoms with van der Waals surface area (Å²) in [5.74, 6) is 2.89. The highest BCUT2D eigenvalue weighted by Gasteiger charge is 2.26. The van der Waals surface area contributed by atoms with Crippen molar-refractivity contribution in [3.8, 4) is 17.2 Å². The molecule has 0 saturated heterocycles. The Kier molecular flexibility index (Phi) is 8.75. The normalized spacial score (nSPS) is 19.3. The summed E-state index contributed by atoms with van der Waals surface area (Å²) in [6.07, 6.45) is 12.7. The molecule has 1 aliphatic rings. The average Bonchev–Trinajstić information content (AvgIpc) is 3.33. The minimum absolute atomic E-state index is 0.449. The minimum atomic E-state index is -0.626. The van der Waals surface area contributed by atoms with Crippen LogP contribution >= 0.6 is 11.8 Å². The Morgan fingerprint density at radius 3 is 2.53 bits per heavy atom. The first kappa shape index (κ1) is 24.9. The first-order chi connectivity index (χ1) is 16.6. The molecule has 2 heterocycles. The summed E-state index contributed by atoms with van der Waals surface area (Å²) < 4.78 is 7.41. The first-order valence-electron chi connectivity index (χ1n) is 12.5. The molecule has 0 amide bonds. The molecular weight excluding hydrogens is 444 g/mol. The Labute approximate surface area is 207 Å². The average molecular weight is 481 g/mol. The van der Waals surface area contributed by atoms with Crippen molar-refractivity contribution in [2.45, 2.75) is 76.2 Å². The van der Waals surface area contributed by atoms with Crippen LogP contribution in [0.1, 0.15) is 69.5 Å².